The molecule has 1 aromatic carbocycles. The predicted molar refractivity (Wildman–Crippen MR) is 59.4 cm³/mol. The average Bonchev–Trinajstić information content (AvgIpc) is 2.31. The van der Waals surface area contributed by atoms with Crippen molar-refractivity contribution < 1.29 is 4.57 Å². The summed E-state index contributed by atoms with van der Waals surface area (Å²) < 4.78 is 2.24. The van der Waals surface area contributed by atoms with Gasteiger partial charge < -0.3 is 0 Å². The molecule has 2 heteroatoms. The van der Waals surface area contributed by atoms with Gasteiger partial charge >= 0.3 is 0 Å². The third-order valence-corrected chi connectivity index (χ3v) is 2.48. The first-order chi connectivity index (χ1) is 7.40. The van der Waals surface area contributed by atoms with E-state index in [1.165, 1.54) is 11.3 Å². The normalized spacial score (nSPS) is 10.2. The van der Waals surface area contributed by atoms with Gasteiger partial charge in [-0.15, -0.1) is 0 Å². The van der Waals surface area contributed by atoms with Gasteiger partial charge in [0.25, 0.3) is 0 Å². The molecular weight excluding hydrogens is 184 g/mol. The first-order valence-electron chi connectivity index (χ1n) is 5.26. The summed E-state index contributed by atoms with van der Waals surface area (Å²) in [6.45, 7) is 3.07. The van der Waals surface area contributed by atoms with Gasteiger partial charge in [0.05, 0.1) is 12.4 Å². The minimum atomic E-state index is 0.923. The molecule has 0 spiro atoms. The average molecular weight is 199 g/mol. The maximum absolute atomic E-state index is 4.14. The zero-order valence-electron chi connectivity index (χ0n) is 8.93. The lowest BCUT2D eigenvalue weighted by Crippen LogP contribution is -2.38. The van der Waals surface area contributed by atoms with Crippen LogP contribution in [-0.2, 0) is 13.0 Å². The summed E-state index contributed by atoms with van der Waals surface area (Å²) in [5.41, 5.74) is 2.59. The minimum Gasteiger partial charge on any atom is -0.252 e. The number of nitrogens with zero attached hydrogens (tertiary/aromatic N) is 2. The number of hydrogen-bond acceptors (Lipinski definition) is 1. The quantitative estimate of drug-likeness (QED) is 0.691. The molecule has 15 heavy (non-hydrogen) atoms. The van der Waals surface area contributed by atoms with Crippen molar-refractivity contribution in [3.8, 4) is 0 Å². The highest BCUT2D eigenvalue weighted by molar-refractivity contribution is 5.13. The van der Waals surface area contributed by atoms with E-state index < -0.39 is 0 Å². The number of aromatic nitrogens is 2. The highest BCUT2D eigenvalue weighted by Gasteiger charge is 2.07. The van der Waals surface area contributed by atoms with Crippen LogP contribution in [0.15, 0.2) is 48.9 Å². The molecule has 0 radical (unpaired) electrons. The Hall–Kier alpha value is -1.70. The summed E-state index contributed by atoms with van der Waals surface area (Å²) in [4.78, 5) is 4.14. The summed E-state index contributed by atoms with van der Waals surface area (Å²) >= 11 is 0. The summed E-state index contributed by atoms with van der Waals surface area (Å²) in [5, 5.41) is 0. The lowest BCUT2D eigenvalue weighted by molar-refractivity contribution is -0.696. The molecule has 0 amide bonds. The molecule has 0 unspecified atom stereocenters. The van der Waals surface area contributed by atoms with Crippen LogP contribution in [0.25, 0.3) is 0 Å². The molecule has 76 valence electrons. The van der Waals surface area contributed by atoms with Gasteiger partial charge in [-0.05, 0) is 0 Å². The number of benzene rings is 1. The second-order valence-electron chi connectivity index (χ2n) is 3.53. The van der Waals surface area contributed by atoms with E-state index in [-0.39, 0.29) is 0 Å². The highest BCUT2D eigenvalue weighted by Crippen LogP contribution is 1.98. The Morgan fingerprint density at radius 1 is 1.20 bits per heavy atom. The molecule has 0 bridgehead atoms. The topological polar surface area (TPSA) is 16.8 Å². The van der Waals surface area contributed by atoms with Crippen LogP contribution in [0.3, 0.4) is 0 Å². The standard InChI is InChI=1S/C13H15N2/c1-2-13-10-14-8-9-15(13)11-12-6-4-3-5-7-12/h3-10H,2,11H2,1H3/q+1. The Balaban J connectivity index is 2.24. The number of rotatable bonds is 3. The summed E-state index contributed by atoms with van der Waals surface area (Å²) in [5.74, 6) is 0. The second-order valence-corrected chi connectivity index (χ2v) is 3.53. The van der Waals surface area contributed by atoms with E-state index in [1.54, 1.807) is 0 Å². The van der Waals surface area contributed by atoms with E-state index in [9.17, 15) is 0 Å². The van der Waals surface area contributed by atoms with Gasteiger partial charge in [-0.2, -0.15) is 4.57 Å². The monoisotopic (exact) mass is 199 g/mol. The lowest BCUT2D eigenvalue weighted by Gasteiger charge is -2.01. The summed E-state index contributed by atoms with van der Waals surface area (Å²) in [6, 6.07) is 10.5. The van der Waals surface area contributed by atoms with Gasteiger partial charge in [0.15, 0.2) is 18.4 Å². The molecular formula is C13H15N2+. The van der Waals surface area contributed by atoms with Gasteiger partial charge in [-0.3, -0.25) is 4.98 Å². The van der Waals surface area contributed by atoms with Crippen molar-refractivity contribution in [3.63, 3.8) is 0 Å². The Kier molecular flexibility index (Phi) is 3.08. The van der Waals surface area contributed by atoms with Crippen molar-refractivity contribution in [2.24, 2.45) is 0 Å². The summed E-state index contributed by atoms with van der Waals surface area (Å²) in [6.07, 6.45) is 6.82. The second kappa shape index (κ2) is 4.69. The zero-order valence-corrected chi connectivity index (χ0v) is 8.93. The number of aryl methyl sites for hydroxylation is 1. The molecule has 0 aliphatic rings. The van der Waals surface area contributed by atoms with Crippen LogP contribution in [0.2, 0.25) is 0 Å². The maximum Gasteiger partial charge on any atom is 0.199 e. The smallest absolute Gasteiger partial charge is 0.199 e. The van der Waals surface area contributed by atoms with Crippen molar-refractivity contribution in [1.82, 2.24) is 4.98 Å². The highest BCUT2D eigenvalue weighted by atomic mass is 15.0. The van der Waals surface area contributed by atoms with Gasteiger partial charge in [0, 0.05) is 12.0 Å². The van der Waals surface area contributed by atoms with Crippen LogP contribution in [0.4, 0.5) is 0 Å². The van der Waals surface area contributed by atoms with Crippen LogP contribution >= 0.6 is 0 Å². The van der Waals surface area contributed by atoms with Crippen molar-refractivity contribution in [2.45, 2.75) is 19.9 Å². The van der Waals surface area contributed by atoms with Gasteiger partial charge in [-0.1, -0.05) is 37.3 Å². The SMILES string of the molecule is CCc1cncc[n+]1Cc1ccccc1. The third-order valence-electron chi connectivity index (χ3n) is 2.48. The third kappa shape index (κ3) is 2.40. The molecule has 2 rings (SSSR count). The van der Waals surface area contributed by atoms with Gasteiger partial charge in [-0.25, -0.2) is 0 Å². The van der Waals surface area contributed by atoms with Crippen molar-refractivity contribution in [3.05, 3.63) is 60.2 Å². The van der Waals surface area contributed by atoms with E-state index in [1.807, 2.05) is 24.7 Å². The van der Waals surface area contributed by atoms with Crippen LogP contribution in [0.1, 0.15) is 18.2 Å². The van der Waals surface area contributed by atoms with Crippen molar-refractivity contribution in [2.75, 3.05) is 0 Å². The van der Waals surface area contributed by atoms with E-state index in [0.717, 1.165) is 13.0 Å². The van der Waals surface area contributed by atoms with Crippen LogP contribution in [0.5, 0.6) is 0 Å². The molecule has 0 fully saturated rings. The Morgan fingerprint density at radius 3 is 2.73 bits per heavy atom. The van der Waals surface area contributed by atoms with Gasteiger partial charge in [0.2, 0.25) is 0 Å². The maximum atomic E-state index is 4.14. The van der Waals surface area contributed by atoms with Gasteiger partial charge in [0.1, 0.15) is 0 Å². The Labute approximate surface area is 90.2 Å². The van der Waals surface area contributed by atoms with E-state index in [4.69, 9.17) is 0 Å². The Bertz CT molecular complexity index is 424. The molecule has 1 aromatic heterocycles. The first kappa shape index (κ1) is 9.84. The molecule has 0 N–H and O–H groups in total. The largest absolute Gasteiger partial charge is 0.252 e. The molecule has 0 saturated heterocycles. The van der Waals surface area contributed by atoms with E-state index in [0.29, 0.717) is 0 Å². The molecule has 2 nitrogen and oxygen atoms in total. The van der Waals surface area contributed by atoms with Crippen LogP contribution in [-0.4, -0.2) is 4.98 Å². The molecule has 1 heterocycles. The van der Waals surface area contributed by atoms with Crippen LogP contribution < -0.4 is 4.57 Å². The van der Waals surface area contributed by atoms with Crippen LogP contribution in [0, 0.1) is 0 Å². The summed E-state index contributed by atoms with van der Waals surface area (Å²) in [7, 11) is 0. The molecule has 0 atom stereocenters. The fraction of sp³-hybridized carbons (Fsp3) is 0.231. The van der Waals surface area contributed by atoms with E-state index >= 15 is 0 Å². The molecule has 0 aliphatic carbocycles. The lowest BCUT2D eigenvalue weighted by atomic mass is 10.2. The zero-order chi connectivity index (χ0) is 10.5. The molecule has 2 aromatic rings. The minimum absolute atomic E-state index is 0.923. The molecule has 0 aliphatic heterocycles. The fourth-order valence-electron chi connectivity index (χ4n) is 1.65. The first-order valence-corrected chi connectivity index (χ1v) is 5.26. The fourth-order valence-corrected chi connectivity index (χ4v) is 1.65. The predicted octanol–water partition coefficient (Wildman–Crippen LogP) is 1.98. The van der Waals surface area contributed by atoms with Crippen molar-refractivity contribution >= 4 is 0 Å². The number of hydrogen-bond donors (Lipinski definition) is 0. The van der Waals surface area contributed by atoms with E-state index in [2.05, 4.69) is 40.7 Å². The Morgan fingerprint density at radius 2 is 2.00 bits per heavy atom. The van der Waals surface area contributed by atoms with Crippen molar-refractivity contribution in [1.29, 1.82) is 0 Å². The molecule has 0 saturated carbocycles.